The van der Waals surface area contributed by atoms with Gasteiger partial charge in [0.15, 0.2) is 0 Å². The Morgan fingerprint density at radius 2 is 2.29 bits per heavy atom. The van der Waals surface area contributed by atoms with Gasteiger partial charge in [-0.15, -0.1) is 0 Å². The third-order valence-corrected chi connectivity index (χ3v) is 3.20. The van der Waals surface area contributed by atoms with Crippen molar-refractivity contribution < 1.29 is 5.11 Å². The van der Waals surface area contributed by atoms with Crippen molar-refractivity contribution in [3.8, 4) is 0 Å². The molecule has 0 fully saturated rings. The second kappa shape index (κ2) is 5.16. The summed E-state index contributed by atoms with van der Waals surface area (Å²) in [7, 11) is 0. The second-order valence-electron chi connectivity index (χ2n) is 4.01. The van der Waals surface area contributed by atoms with E-state index in [9.17, 15) is 5.11 Å². The molecule has 1 atom stereocenters. The Kier molecular flexibility index (Phi) is 3.81. The van der Waals surface area contributed by atoms with Gasteiger partial charge >= 0.3 is 0 Å². The van der Waals surface area contributed by atoms with Crippen LogP contribution in [0.1, 0.15) is 25.3 Å². The van der Waals surface area contributed by atoms with Gasteiger partial charge in [0.1, 0.15) is 11.9 Å². The van der Waals surface area contributed by atoms with Crippen molar-refractivity contribution in [2.45, 2.75) is 26.0 Å². The molecule has 92 valence electrons. The Balaban J connectivity index is 2.61. The molecule has 1 aromatic heterocycles. The minimum Gasteiger partial charge on any atom is -0.384 e. The van der Waals surface area contributed by atoms with Crippen LogP contribution in [0.5, 0.6) is 0 Å². The van der Waals surface area contributed by atoms with Gasteiger partial charge < -0.3 is 15.4 Å². The van der Waals surface area contributed by atoms with Crippen LogP contribution in [0, 0.1) is 0 Å². The molecule has 0 aliphatic heterocycles. The molecule has 17 heavy (non-hydrogen) atoms. The van der Waals surface area contributed by atoms with E-state index in [4.69, 9.17) is 5.73 Å². The predicted octanol–water partition coefficient (Wildman–Crippen LogP) is 2.20. The number of nitrogens with zero attached hydrogens (tertiary/aromatic N) is 2. The summed E-state index contributed by atoms with van der Waals surface area (Å²) in [5.74, 6) is 0.655. The van der Waals surface area contributed by atoms with Crippen LogP contribution in [-0.4, -0.2) is 21.2 Å². The molecule has 1 aromatic carbocycles. The molecule has 0 spiro atoms. The predicted molar refractivity (Wildman–Crippen MR) is 71.7 cm³/mol. The number of halogens is 1. The third-order valence-electron chi connectivity index (χ3n) is 2.71. The largest absolute Gasteiger partial charge is 0.384 e. The molecule has 0 bridgehead atoms. The maximum absolute atomic E-state index is 9.89. The summed E-state index contributed by atoms with van der Waals surface area (Å²) in [6, 6.07) is 5.94. The number of rotatable bonds is 4. The van der Waals surface area contributed by atoms with E-state index in [-0.39, 0.29) is 6.54 Å². The molecule has 1 heterocycles. The number of aryl methyl sites for hydroxylation is 1. The summed E-state index contributed by atoms with van der Waals surface area (Å²) >= 11 is 3.42. The Labute approximate surface area is 109 Å². The van der Waals surface area contributed by atoms with Crippen LogP contribution in [0.15, 0.2) is 22.7 Å². The molecule has 0 saturated carbocycles. The molecule has 2 rings (SSSR count). The van der Waals surface area contributed by atoms with Gasteiger partial charge in [0.2, 0.25) is 0 Å². The first-order valence-corrected chi connectivity index (χ1v) is 6.50. The summed E-state index contributed by atoms with van der Waals surface area (Å²) < 4.78 is 3.03. The first-order chi connectivity index (χ1) is 8.17. The van der Waals surface area contributed by atoms with Crippen LogP contribution >= 0.6 is 15.9 Å². The van der Waals surface area contributed by atoms with Crippen LogP contribution in [0.25, 0.3) is 11.0 Å². The van der Waals surface area contributed by atoms with Gasteiger partial charge in [-0.3, -0.25) is 0 Å². The number of hydrogen-bond acceptors (Lipinski definition) is 3. The number of aliphatic hydroxyl groups is 1. The minimum atomic E-state index is -0.701. The number of hydrogen-bond donors (Lipinski definition) is 2. The molecule has 0 saturated heterocycles. The van der Waals surface area contributed by atoms with Crippen molar-refractivity contribution in [2.24, 2.45) is 5.73 Å². The van der Waals surface area contributed by atoms with Crippen LogP contribution < -0.4 is 5.73 Å². The lowest BCUT2D eigenvalue weighted by Gasteiger charge is -2.11. The van der Waals surface area contributed by atoms with Gasteiger partial charge in [0.05, 0.1) is 11.0 Å². The van der Waals surface area contributed by atoms with Crippen LogP contribution in [-0.2, 0) is 6.54 Å². The van der Waals surface area contributed by atoms with Crippen molar-refractivity contribution >= 4 is 27.0 Å². The molecule has 5 heteroatoms. The van der Waals surface area contributed by atoms with E-state index in [0.29, 0.717) is 5.82 Å². The van der Waals surface area contributed by atoms with Crippen LogP contribution in [0.2, 0.25) is 0 Å². The fourth-order valence-corrected chi connectivity index (χ4v) is 2.29. The number of aliphatic hydroxyl groups excluding tert-OH is 1. The van der Waals surface area contributed by atoms with E-state index in [2.05, 4.69) is 27.8 Å². The maximum atomic E-state index is 9.89. The van der Waals surface area contributed by atoms with Gasteiger partial charge in [0.25, 0.3) is 0 Å². The zero-order valence-corrected chi connectivity index (χ0v) is 11.3. The summed E-state index contributed by atoms with van der Waals surface area (Å²) in [5, 5.41) is 9.89. The molecular weight excluding hydrogens is 282 g/mol. The Morgan fingerprint density at radius 3 is 2.94 bits per heavy atom. The van der Waals surface area contributed by atoms with Crippen molar-refractivity contribution in [1.82, 2.24) is 9.55 Å². The molecule has 4 nitrogen and oxygen atoms in total. The highest BCUT2D eigenvalue weighted by Gasteiger charge is 2.16. The van der Waals surface area contributed by atoms with Crippen molar-refractivity contribution in [1.29, 1.82) is 0 Å². The first-order valence-electron chi connectivity index (χ1n) is 5.71. The van der Waals surface area contributed by atoms with E-state index in [0.717, 1.165) is 28.5 Å². The van der Waals surface area contributed by atoms with E-state index in [1.807, 2.05) is 22.8 Å². The highest BCUT2D eigenvalue weighted by Crippen LogP contribution is 2.24. The zero-order valence-electron chi connectivity index (χ0n) is 9.73. The molecular formula is C12H16BrN3O. The smallest absolute Gasteiger partial charge is 0.140 e. The average Bonchev–Trinajstić information content (AvgIpc) is 2.67. The maximum Gasteiger partial charge on any atom is 0.140 e. The Hall–Kier alpha value is -0.910. The summed E-state index contributed by atoms with van der Waals surface area (Å²) in [5.41, 5.74) is 7.43. The first kappa shape index (κ1) is 12.5. The zero-order chi connectivity index (χ0) is 12.4. The Bertz CT molecular complexity index is 524. The monoisotopic (exact) mass is 297 g/mol. The SMILES string of the molecule is CCCn1c(C(O)CN)nc2cc(Br)ccc21. The fraction of sp³-hybridized carbons (Fsp3) is 0.417. The second-order valence-corrected chi connectivity index (χ2v) is 4.92. The lowest BCUT2D eigenvalue weighted by atomic mass is 10.3. The molecule has 0 aliphatic carbocycles. The fourth-order valence-electron chi connectivity index (χ4n) is 1.94. The standard InChI is InChI=1S/C12H16BrN3O/c1-2-5-16-10-4-3-8(13)6-9(10)15-12(16)11(17)7-14/h3-4,6,11,17H,2,5,7,14H2,1H3. The Morgan fingerprint density at radius 1 is 1.53 bits per heavy atom. The lowest BCUT2D eigenvalue weighted by Crippen LogP contribution is -2.17. The quantitative estimate of drug-likeness (QED) is 0.909. The third kappa shape index (κ3) is 2.36. The van der Waals surface area contributed by atoms with Gasteiger partial charge in [-0.25, -0.2) is 4.98 Å². The van der Waals surface area contributed by atoms with Crippen molar-refractivity contribution in [2.75, 3.05) is 6.54 Å². The minimum absolute atomic E-state index is 0.189. The molecule has 0 radical (unpaired) electrons. The number of imidazole rings is 1. The molecule has 3 N–H and O–H groups in total. The van der Waals surface area contributed by atoms with Gasteiger partial charge in [-0.05, 0) is 24.6 Å². The normalized spacial score (nSPS) is 13.2. The van der Waals surface area contributed by atoms with Crippen LogP contribution in [0.4, 0.5) is 0 Å². The van der Waals surface area contributed by atoms with E-state index >= 15 is 0 Å². The summed E-state index contributed by atoms with van der Waals surface area (Å²) in [6.07, 6.45) is 0.291. The molecule has 1 unspecified atom stereocenters. The number of fused-ring (bicyclic) bond motifs is 1. The van der Waals surface area contributed by atoms with E-state index < -0.39 is 6.10 Å². The van der Waals surface area contributed by atoms with E-state index in [1.54, 1.807) is 0 Å². The highest BCUT2D eigenvalue weighted by atomic mass is 79.9. The number of nitrogens with two attached hydrogens (primary N) is 1. The van der Waals surface area contributed by atoms with E-state index in [1.165, 1.54) is 0 Å². The van der Waals surface area contributed by atoms with Crippen molar-refractivity contribution in [3.63, 3.8) is 0 Å². The summed E-state index contributed by atoms with van der Waals surface area (Å²) in [4.78, 5) is 4.47. The summed E-state index contributed by atoms with van der Waals surface area (Å²) in [6.45, 7) is 3.13. The van der Waals surface area contributed by atoms with Gasteiger partial charge in [-0.1, -0.05) is 22.9 Å². The van der Waals surface area contributed by atoms with Gasteiger partial charge in [0, 0.05) is 17.6 Å². The topological polar surface area (TPSA) is 64.1 Å². The molecule has 0 aliphatic rings. The molecule has 0 amide bonds. The average molecular weight is 298 g/mol. The van der Waals surface area contributed by atoms with Crippen LogP contribution in [0.3, 0.4) is 0 Å². The lowest BCUT2D eigenvalue weighted by molar-refractivity contribution is 0.172. The van der Waals surface area contributed by atoms with Gasteiger partial charge in [-0.2, -0.15) is 0 Å². The van der Waals surface area contributed by atoms with Crippen molar-refractivity contribution in [3.05, 3.63) is 28.5 Å². The number of aromatic nitrogens is 2. The number of benzene rings is 1. The molecule has 2 aromatic rings. The highest BCUT2D eigenvalue weighted by molar-refractivity contribution is 9.10.